The van der Waals surface area contributed by atoms with Gasteiger partial charge in [-0.3, -0.25) is 4.79 Å². The van der Waals surface area contributed by atoms with Gasteiger partial charge >= 0.3 is 0 Å². The number of aryl methyl sites for hydroxylation is 1. The SMILES string of the molecule is Cc1ccsc1C(N)C(=O)N(C)C. The fourth-order valence-corrected chi connectivity index (χ4v) is 2.01. The van der Waals surface area contributed by atoms with E-state index in [-0.39, 0.29) is 5.91 Å². The first-order chi connectivity index (χ1) is 6.04. The molecule has 0 bridgehead atoms. The molecule has 1 atom stereocenters. The summed E-state index contributed by atoms with van der Waals surface area (Å²) in [4.78, 5) is 14.0. The van der Waals surface area contributed by atoms with Gasteiger partial charge in [0.05, 0.1) is 0 Å². The lowest BCUT2D eigenvalue weighted by molar-refractivity contribution is -0.130. The quantitative estimate of drug-likeness (QED) is 0.774. The van der Waals surface area contributed by atoms with E-state index >= 15 is 0 Å². The Morgan fingerprint density at radius 3 is 2.62 bits per heavy atom. The van der Waals surface area contributed by atoms with Crippen molar-refractivity contribution in [3.05, 3.63) is 21.9 Å². The number of carbonyl (C=O) groups is 1. The number of thiophene rings is 1. The minimum Gasteiger partial charge on any atom is -0.347 e. The molecule has 1 heterocycles. The van der Waals surface area contributed by atoms with Gasteiger partial charge in [0.15, 0.2) is 0 Å². The molecule has 0 aliphatic heterocycles. The summed E-state index contributed by atoms with van der Waals surface area (Å²) < 4.78 is 0. The van der Waals surface area contributed by atoms with Crippen molar-refractivity contribution in [1.82, 2.24) is 4.90 Å². The second-order valence-electron chi connectivity index (χ2n) is 3.18. The Kier molecular flexibility index (Phi) is 3.06. The Hall–Kier alpha value is -0.870. The summed E-state index contributed by atoms with van der Waals surface area (Å²) in [6, 6.07) is 1.47. The molecule has 1 rings (SSSR count). The summed E-state index contributed by atoms with van der Waals surface area (Å²) in [6.07, 6.45) is 0. The predicted octanol–water partition coefficient (Wildman–Crippen LogP) is 1.14. The van der Waals surface area contributed by atoms with E-state index in [0.717, 1.165) is 10.4 Å². The van der Waals surface area contributed by atoms with Crippen molar-refractivity contribution in [3.8, 4) is 0 Å². The van der Waals surface area contributed by atoms with Gasteiger partial charge in [-0.2, -0.15) is 0 Å². The average Bonchev–Trinajstić information content (AvgIpc) is 2.48. The van der Waals surface area contributed by atoms with Gasteiger partial charge in [0.25, 0.3) is 0 Å². The molecule has 1 amide bonds. The molecule has 0 saturated carbocycles. The molecule has 1 aromatic rings. The average molecular weight is 198 g/mol. The fraction of sp³-hybridized carbons (Fsp3) is 0.444. The molecule has 0 spiro atoms. The molecule has 3 nitrogen and oxygen atoms in total. The van der Waals surface area contributed by atoms with Crippen LogP contribution in [0.15, 0.2) is 11.4 Å². The highest BCUT2D eigenvalue weighted by Crippen LogP contribution is 2.22. The number of amides is 1. The molecule has 0 radical (unpaired) electrons. The van der Waals surface area contributed by atoms with Crippen molar-refractivity contribution >= 4 is 17.2 Å². The lowest BCUT2D eigenvalue weighted by Gasteiger charge is -2.16. The third-order valence-corrected chi connectivity index (χ3v) is 2.99. The van der Waals surface area contributed by atoms with Crippen LogP contribution < -0.4 is 5.73 Å². The summed E-state index contributed by atoms with van der Waals surface area (Å²) in [6.45, 7) is 1.97. The van der Waals surface area contributed by atoms with E-state index < -0.39 is 6.04 Å². The largest absolute Gasteiger partial charge is 0.347 e. The molecule has 2 N–H and O–H groups in total. The van der Waals surface area contributed by atoms with Gasteiger partial charge < -0.3 is 10.6 Å². The monoisotopic (exact) mass is 198 g/mol. The first kappa shape index (κ1) is 10.2. The Morgan fingerprint density at radius 2 is 2.23 bits per heavy atom. The Bertz CT molecular complexity index is 306. The van der Waals surface area contributed by atoms with Crippen LogP contribution >= 0.6 is 11.3 Å². The van der Waals surface area contributed by atoms with E-state index in [2.05, 4.69) is 0 Å². The second-order valence-corrected chi connectivity index (χ2v) is 4.13. The maximum atomic E-state index is 11.5. The van der Waals surface area contributed by atoms with Crippen molar-refractivity contribution in [2.75, 3.05) is 14.1 Å². The van der Waals surface area contributed by atoms with Gasteiger partial charge in [0.2, 0.25) is 5.91 Å². The zero-order chi connectivity index (χ0) is 10.0. The zero-order valence-electron chi connectivity index (χ0n) is 8.07. The van der Waals surface area contributed by atoms with E-state index in [4.69, 9.17) is 5.73 Å². The number of nitrogens with zero attached hydrogens (tertiary/aromatic N) is 1. The number of hydrogen-bond acceptors (Lipinski definition) is 3. The van der Waals surface area contributed by atoms with Gasteiger partial charge in [0.1, 0.15) is 6.04 Å². The van der Waals surface area contributed by atoms with Gasteiger partial charge in [-0.15, -0.1) is 11.3 Å². The smallest absolute Gasteiger partial charge is 0.244 e. The number of rotatable bonds is 2. The van der Waals surface area contributed by atoms with Crippen LogP contribution in [0.1, 0.15) is 16.5 Å². The Morgan fingerprint density at radius 1 is 1.62 bits per heavy atom. The van der Waals surface area contributed by atoms with Gasteiger partial charge in [-0.05, 0) is 23.9 Å². The molecule has 4 heteroatoms. The number of carbonyl (C=O) groups excluding carboxylic acids is 1. The first-order valence-corrected chi connectivity index (χ1v) is 4.92. The fourth-order valence-electron chi connectivity index (χ4n) is 1.09. The minimum atomic E-state index is -0.505. The highest BCUT2D eigenvalue weighted by Gasteiger charge is 2.19. The first-order valence-electron chi connectivity index (χ1n) is 4.04. The van der Waals surface area contributed by atoms with Crippen molar-refractivity contribution in [2.24, 2.45) is 5.73 Å². The molecule has 72 valence electrons. The van der Waals surface area contributed by atoms with Gasteiger partial charge in [0, 0.05) is 19.0 Å². The second kappa shape index (κ2) is 3.89. The maximum absolute atomic E-state index is 11.5. The van der Waals surface area contributed by atoms with Crippen molar-refractivity contribution < 1.29 is 4.79 Å². The topological polar surface area (TPSA) is 46.3 Å². The maximum Gasteiger partial charge on any atom is 0.244 e. The number of hydrogen-bond donors (Lipinski definition) is 1. The van der Waals surface area contributed by atoms with E-state index in [1.165, 1.54) is 16.2 Å². The highest BCUT2D eigenvalue weighted by atomic mass is 32.1. The molecule has 13 heavy (non-hydrogen) atoms. The van der Waals surface area contributed by atoms with Crippen molar-refractivity contribution in [2.45, 2.75) is 13.0 Å². The predicted molar refractivity (Wildman–Crippen MR) is 54.7 cm³/mol. The van der Waals surface area contributed by atoms with E-state index in [9.17, 15) is 4.79 Å². The minimum absolute atomic E-state index is 0.0504. The lowest BCUT2D eigenvalue weighted by atomic mass is 10.1. The third kappa shape index (κ3) is 2.08. The number of likely N-dealkylation sites (N-methyl/N-ethyl adjacent to an activating group) is 1. The Labute approximate surface area is 82.2 Å². The summed E-state index contributed by atoms with van der Waals surface area (Å²) in [7, 11) is 3.43. The molecular weight excluding hydrogens is 184 g/mol. The summed E-state index contributed by atoms with van der Waals surface area (Å²) in [5.41, 5.74) is 6.89. The Balaban J connectivity index is 2.85. The molecule has 1 aromatic heterocycles. The molecule has 1 unspecified atom stereocenters. The molecule has 0 aromatic carbocycles. The van der Waals surface area contributed by atoms with Crippen LogP contribution in [0.2, 0.25) is 0 Å². The van der Waals surface area contributed by atoms with Gasteiger partial charge in [-0.25, -0.2) is 0 Å². The van der Waals surface area contributed by atoms with Crippen LogP contribution in [0.3, 0.4) is 0 Å². The third-order valence-electron chi connectivity index (χ3n) is 1.89. The van der Waals surface area contributed by atoms with Crippen LogP contribution in [-0.2, 0) is 4.79 Å². The summed E-state index contributed by atoms with van der Waals surface area (Å²) >= 11 is 1.53. The normalized spacial score (nSPS) is 12.6. The standard InChI is InChI=1S/C9H14N2OS/c1-6-4-5-13-8(6)7(10)9(12)11(2)3/h4-5,7H,10H2,1-3H3. The highest BCUT2D eigenvalue weighted by molar-refractivity contribution is 7.10. The van der Waals surface area contributed by atoms with Crippen LogP contribution in [0.5, 0.6) is 0 Å². The van der Waals surface area contributed by atoms with E-state index in [1.807, 2.05) is 18.4 Å². The van der Waals surface area contributed by atoms with Crippen LogP contribution in [0.25, 0.3) is 0 Å². The number of nitrogens with two attached hydrogens (primary N) is 1. The lowest BCUT2D eigenvalue weighted by Crippen LogP contribution is -2.32. The van der Waals surface area contributed by atoms with Crippen molar-refractivity contribution in [1.29, 1.82) is 0 Å². The molecule has 0 aliphatic rings. The molecular formula is C9H14N2OS. The molecule has 0 saturated heterocycles. The van der Waals surface area contributed by atoms with Crippen LogP contribution in [0, 0.1) is 6.92 Å². The van der Waals surface area contributed by atoms with E-state index in [0.29, 0.717) is 0 Å². The molecule has 0 aliphatic carbocycles. The van der Waals surface area contributed by atoms with E-state index in [1.54, 1.807) is 14.1 Å². The van der Waals surface area contributed by atoms with Gasteiger partial charge in [-0.1, -0.05) is 0 Å². The summed E-state index contributed by atoms with van der Waals surface area (Å²) in [5, 5.41) is 1.95. The van der Waals surface area contributed by atoms with Crippen molar-refractivity contribution in [3.63, 3.8) is 0 Å². The summed E-state index contributed by atoms with van der Waals surface area (Å²) in [5.74, 6) is -0.0504. The van der Waals surface area contributed by atoms with Crippen LogP contribution in [-0.4, -0.2) is 24.9 Å². The van der Waals surface area contributed by atoms with Crippen LogP contribution in [0.4, 0.5) is 0 Å². The zero-order valence-corrected chi connectivity index (χ0v) is 8.89. The molecule has 0 fully saturated rings.